The maximum absolute atomic E-state index is 10.3. The molecule has 0 N–H and O–H groups in total. The number of aliphatic imine (C=N–C) groups is 3. The Kier molecular flexibility index (Phi) is 12.4. The zero-order valence-corrected chi connectivity index (χ0v) is 14.5. The number of thioether (sulfide) groups is 3. The molecule has 0 aliphatic carbocycles. The first-order chi connectivity index (χ1) is 10.0. The molecule has 0 aromatic heterocycles. The third-order valence-electron chi connectivity index (χ3n) is 2.14. The average molecular weight is 347 g/mol. The van der Waals surface area contributed by atoms with Crippen LogP contribution in [0.15, 0.2) is 15.0 Å². The first-order valence-corrected chi connectivity index (χ1v) is 9.17. The summed E-state index contributed by atoms with van der Waals surface area (Å²) in [6, 6.07) is 0. The van der Waals surface area contributed by atoms with Crippen LogP contribution in [-0.4, -0.2) is 51.1 Å². The lowest BCUT2D eigenvalue weighted by Crippen LogP contribution is -2.16. The van der Waals surface area contributed by atoms with E-state index in [1.165, 1.54) is 47.4 Å². The molecule has 21 heavy (non-hydrogen) atoms. The van der Waals surface area contributed by atoms with E-state index in [1.54, 1.807) is 6.08 Å². The van der Waals surface area contributed by atoms with Gasteiger partial charge in [-0.15, -0.1) is 35.3 Å². The molecule has 3 atom stereocenters. The average Bonchev–Trinajstić information content (AvgIpc) is 2.42. The summed E-state index contributed by atoms with van der Waals surface area (Å²) in [4.78, 5) is 41.5. The molecule has 0 radical (unpaired) electrons. The Morgan fingerprint density at radius 2 is 1.14 bits per heavy atom. The Morgan fingerprint density at radius 1 is 0.762 bits per heavy atom. The highest BCUT2D eigenvalue weighted by atomic mass is 32.2. The molecule has 0 saturated heterocycles. The fourth-order valence-electron chi connectivity index (χ4n) is 1.23. The lowest BCUT2D eigenvalue weighted by atomic mass is 10.5. The summed E-state index contributed by atoms with van der Waals surface area (Å²) >= 11 is 4.58. The molecule has 9 heteroatoms. The van der Waals surface area contributed by atoms with Crippen LogP contribution in [0.5, 0.6) is 0 Å². The molecule has 6 nitrogen and oxygen atoms in total. The highest BCUT2D eigenvalue weighted by Crippen LogP contribution is 2.28. The number of hydrogen-bond donors (Lipinski definition) is 0. The van der Waals surface area contributed by atoms with Crippen LogP contribution >= 0.6 is 35.3 Å². The predicted octanol–water partition coefficient (Wildman–Crippen LogP) is 2.60. The van der Waals surface area contributed by atoms with Gasteiger partial charge in [-0.1, -0.05) is 0 Å². The minimum Gasteiger partial charge on any atom is -0.211 e. The Labute approximate surface area is 136 Å². The van der Waals surface area contributed by atoms with Crippen molar-refractivity contribution in [3.05, 3.63) is 0 Å². The van der Waals surface area contributed by atoms with E-state index in [2.05, 4.69) is 15.0 Å². The first-order valence-electron chi connectivity index (χ1n) is 6.13. The largest absolute Gasteiger partial charge is 0.236 e. The molecular formula is C12H17N3O3S3. The summed E-state index contributed by atoms with van der Waals surface area (Å²) in [5.74, 6) is 1.47. The van der Waals surface area contributed by atoms with Crippen molar-refractivity contribution in [1.29, 1.82) is 0 Å². The van der Waals surface area contributed by atoms with Gasteiger partial charge in [0.25, 0.3) is 0 Å². The van der Waals surface area contributed by atoms with Gasteiger partial charge < -0.3 is 0 Å². The van der Waals surface area contributed by atoms with E-state index in [0.29, 0.717) is 0 Å². The van der Waals surface area contributed by atoms with Crippen molar-refractivity contribution in [2.24, 2.45) is 15.0 Å². The van der Waals surface area contributed by atoms with Gasteiger partial charge in [0.1, 0.15) is 16.1 Å². The van der Waals surface area contributed by atoms with Crippen molar-refractivity contribution < 1.29 is 14.4 Å². The summed E-state index contributed by atoms with van der Waals surface area (Å²) in [7, 11) is 0. The first kappa shape index (κ1) is 20.2. The number of isocyanates is 3. The molecule has 0 spiro atoms. The molecular weight excluding hydrogens is 330 g/mol. The van der Waals surface area contributed by atoms with Gasteiger partial charge in [0, 0.05) is 16.8 Å². The molecule has 0 amide bonds. The SMILES string of the molecule is CC(N=C=O)SCC(CSC(C)N=C=O)SC(C)N=C=O. The minimum absolute atomic E-state index is 0.161. The van der Waals surface area contributed by atoms with Crippen LogP contribution in [0.4, 0.5) is 0 Å². The summed E-state index contributed by atoms with van der Waals surface area (Å²) in [5.41, 5.74) is 0. The Hall–Kier alpha value is -0.810. The molecule has 0 saturated carbocycles. The van der Waals surface area contributed by atoms with Gasteiger partial charge in [-0.25, -0.2) is 14.4 Å². The Morgan fingerprint density at radius 3 is 1.52 bits per heavy atom. The van der Waals surface area contributed by atoms with Gasteiger partial charge in [-0.3, -0.25) is 0 Å². The number of carbonyl (C=O) groups excluding carboxylic acids is 3. The molecule has 0 heterocycles. The quantitative estimate of drug-likeness (QED) is 0.422. The summed E-state index contributed by atoms with van der Waals surface area (Å²) in [6.07, 6.45) is 4.61. The van der Waals surface area contributed by atoms with E-state index >= 15 is 0 Å². The highest BCUT2D eigenvalue weighted by Gasteiger charge is 2.17. The van der Waals surface area contributed by atoms with Crippen molar-refractivity contribution in [3.63, 3.8) is 0 Å². The second-order valence-corrected chi connectivity index (χ2v) is 8.20. The molecule has 0 aliphatic heterocycles. The van der Waals surface area contributed by atoms with E-state index in [1.807, 2.05) is 20.8 Å². The summed E-state index contributed by atoms with van der Waals surface area (Å²) in [6.45, 7) is 5.45. The van der Waals surface area contributed by atoms with Crippen LogP contribution in [-0.2, 0) is 14.4 Å². The maximum atomic E-state index is 10.3. The molecule has 0 fully saturated rings. The van der Waals surface area contributed by atoms with Crippen molar-refractivity contribution in [2.45, 2.75) is 42.1 Å². The van der Waals surface area contributed by atoms with Crippen molar-refractivity contribution >= 4 is 53.5 Å². The zero-order chi connectivity index (χ0) is 16.1. The normalized spacial score (nSPS) is 15.6. The Bertz CT molecular complexity index is 416. The third kappa shape index (κ3) is 11.5. The molecule has 0 aliphatic rings. The highest BCUT2D eigenvalue weighted by molar-refractivity contribution is 8.05. The molecule has 0 bridgehead atoms. The fourth-order valence-corrected chi connectivity index (χ4v) is 4.59. The van der Waals surface area contributed by atoms with E-state index in [9.17, 15) is 14.4 Å². The summed E-state index contributed by atoms with van der Waals surface area (Å²) < 4.78 is 0. The topological polar surface area (TPSA) is 88.3 Å². The van der Waals surface area contributed by atoms with Crippen LogP contribution in [0.1, 0.15) is 20.8 Å². The van der Waals surface area contributed by atoms with E-state index in [4.69, 9.17) is 0 Å². The number of hydrogen-bond acceptors (Lipinski definition) is 9. The standard InChI is InChI=1S/C12H17N3O3S3/c1-9(13-6-16)19-4-12(21-11(3)15-8-18)5-20-10(2)14-7-17/h9-12H,4-5H2,1-3H3. The Balaban J connectivity index is 4.48. The second-order valence-electron chi connectivity index (χ2n) is 3.88. The number of rotatable bonds is 11. The van der Waals surface area contributed by atoms with Crippen LogP contribution in [0.2, 0.25) is 0 Å². The van der Waals surface area contributed by atoms with Gasteiger partial charge in [-0.05, 0) is 20.8 Å². The smallest absolute Gasteiger partial charge is 0.211 e. The van der Waals surface area contributed by atoms with E-state index in [0.717, 1.165) is 11.5 Å². The van der Waals surface area contributed by atoms with E-state index in [-0.39, 0.29) is 21.4 Å². The molecule has 3 unspecified atom stereocenters. The summed E-state index contributed by atoms with van der Waals surface area (Å²) in [5, 5.41) is -0.332. The zero-order valence-electron chi connectivity index (χ0n) is 12.0. The van der Waals surface area contributed by atoms with Gasteiger partial charge in [-0.2, -0.15) is 15.0 Å². The maximum Gasteiger partial charge on any atom is 0.236 e. The molecule has 0 aromatic carbocycles. The monoisotopic (exact) mass is 347 g/mol. The number of nitrogens with zero attached hydrogens (tertiary/aromatic N) is 3. The van der Waals surface area contributed by atoms with Crippen LogP contribution in [0.3, 0.4) is 0 Å². The van der Waals surface area contributed by atoms with Crippen molar-refractivity contribution in [3.8, 4) is 0 Å². The van der Waals surface area contributed by atoms with E-state index < -0.39 is 0 Å². The molecule has 0 aromatic rings. The minimum atomic E-state index is -0.191. The van der Waals surface area contributed by atoms with Gasteiger partial charge in [0.15, 0.2) is 0 Å². The third-order valence-corrected chi connectivity index (χ3v) is 6.14. The van der Waals surface area contributed by atoms with Gasteiger partial charge in [0.2, 0.25) is 18.2 Å². The second kappa shape index (κ2) is 12.9. The fraction of sp³-hybridized carbons (Fsp3) is 0.750. The van der Waals surface area contributed by atoms with Crippen LogP contribution < -0.4 is 0 Å². The van der Waals surface area contributed by atoms with Gasteiger partial charge in [0.05, 0.1) is 0 Å². The lowest BCUT2D eigenvalue weighted by molar-refractivity contribution is 0.562. The van der Waals surface area contributed by atoms with Crippen molar-refractivity contribution in [1.82, 2.24) is 0 Å². The van der Waals surface area contributed by atoms with Crippen LogP contribution in [0, 0.1) is 0 Å². The predicted molar refractivity (Wildman–Crippen MR) is 89.0 cm³/mol. The lowest BCUT2D eigenvalue weighted by Gasteiger charge is -2.19. The van der Waals surface area contributed by atoms with Gasteiger partial charge >= 0.3 is 0 Å². The molecule has 0 rings (SSSR count). The van der Waals surface area contributed by atoms with Crippen LogP contribution in [0.25, 0.3) is 0 Å². The van der Waals surface area contributed by atoms with Crippen molar-refractivity contribution in [2.75, 3.05) is 11.5 Å². The molecule has 116 valence electrons.